The van der Waals surface area contributed by atoms with Crippen LogP contribution in [0, 0.1) is 6.92 Å². The van der Waals surface area contributed by atoms with Crippen molar-refractivity contribution in [1.29, 1.82) is 0 Å². The molecule has 1 atom stereocenters. The van der Waals surface area contributed by atoms with Crippen molar-refractivity contribution in [3.8, 4) is 0 Å². The van der Waals surface area contributed by atoms with Crippen molar-refractivity contribution in [2.75, 3.05) is 13.1 Å². The average Bonchev–Trinajstić information content (AvgIpc) is 2.66. The van der Waals surface area contributed by atoms with E-state index < -0.39 is 0 Å². The molecule has 1 aromatic rings. The number of carbonyl (C=O) groups excluding carboxylic acids is 1. The molecule has 1 aliphatic rings. The number of carbonyl (C=O) groups is 1. The van der Waals surface area contributed by atoms with E-state index in [1.807, 2.05) is 6.92 Å². The summed E-state index contributed by atoms with van der Waals surface area (Å²) in [7, 11) is 0. The Hall–Kier alpha value is -0.940. The quantitative estimate of drug-likeness (QED) is 0.787. The van der Waals surface area contributed by atoms with Gasteiger partial charge in [-0.05, 0) is 26.3 Å². The van der Waals surface area contributed by atoms with Crippen LogP contribution in [-0.2, 0) is 0 Å². The number of aromatic nitrogens is 1. The Morgan fingerprint density at radius 1 is 1.73 bits per heavy atom. The molecule has 2 N–H and O–H groups in total. The lowest BCUT2D eigenvalue weighted by Gasteiger charge is -2.23. The molecule has 0 bridgehead atoms. The molecular formula is C10H15N3OS. The number of piperidine rings is 1. The Labute approximate surface area is 93.1 Å². The van der Waals surface area contributed by atoms with E-state index in [2.05, 4.69) is 15.6 Å². The fourth-order valence-electron chi connectivity index (χ4n) is 1.75. The van der Waals surface area contributed by atoms with Crippen molar-refractivity contribution in [1.82, 2.24) is 15.6 Å². The van der Waals surface area contributed by atoms with E-state index >= 15 is 0 Å². The maximum absolute atomic E-state index is 11.8. The maximum atomic E-state index is 11.8. The van der Waals surface area contributed by atoms with Gasteiger partial charge in [-0.15, -0.1) is 11.3 Å². The number of rotatable bonds is 2. The van der Waals surface area contributed by atoms with Gasteiger partial charge in [-0.25, -0.2) is 4.98 Å². The molecule has 0 unspecified atom stereocenters. The van der Waals surface area contributed by atoms with Crippen LogP contribution < -0.4 is 10.6 Å². The lowest BCUT2D eigenvalue weighted by Crippen LogP contribution is -2.45. The van der Waals surface area contributed by atoms with Gasteiger partial charge in [0.05, 0.1) is 11.2 Å². The molecule has 5 heteroatoms. The first-order valence-corrected chi connectivity index (χ1v) is 6.07. The summed E-state index contributed by atoms with van der Waals surface area (Å²) in [5.74, 6) is 0.0173. The second kappa shape index (κ2) is 4.72. The van der Waals surface area contributed by atoms with Crippen LogP contribution >= 0.6 is 11.3 Å². The monoisotopic (exact) mass is 225 g/mol. The normalized spacial score (nSPS) is 21.3. The fourth-order valence-corrected chi connectivity index (χ4v) is 2.45. The first-order chi connectivity index (χ1) is 7.27. The molecule has 4 nitrogen and oxygen atoms in total. The zero-order valence-electron chi connectivity index (χ0n) is 8.75. The second-order valence-corrected chi connectivity index (χ2v) is 4.64. The van der Waals surface area contributed by atoms with Crippen LogP contribution in [0.5, 0.6) is 0 Å². The Kier molecular flexibility index (Phi) is 3.33. The highest BCUT2D eigenvalue weighted by Crippen LogP contribution is 2.12. The van der Waals surface area contributed by atoms with Gasteiger partial charge in [0.2, 0.25) is 0 Å². The summed E-state index contributed by atoms with van der Waals surface area (Å²) in [4.78, 5) is 16.6. The summed E-state index contributed by atoms with van der Waals surface area (Å²) >= 11 is 1.40. The van der Waals surface area contributed by atoms with Crippen LogP contribution in [0.3, 0.4) is 0 Å². The molecule has 82 valence electrons. The lowest BCUT2D eigenvalue weighted by atomic mass is 10.1. The van der Waals surface area contributed by atoms with Crippen LogP contribution in [0.25, 0.3) is 0 Å². The molecule has 1 aromatic heterocycles. The molecule has 2 heterocycles. The third-order valence-corrected chi connectivity index (χ3v) is 3.51. The smallest absolute Gasteiger partial charge is 0.263 e. The molecule has 1 amide bonds. The van der Waals surface area contributed by atoms with Gasteiger partial charge in [-0.2, -0.15) is 0 Å². The average molecular weight is 225 g/mol. The molecular weight excluding hydrogens is 210 g/mol. The maximum Gasteiger partial charge on any atom is 0.263 e. The van der Waals surface area contributed by atoms with Gasteiger partial charge in [0.25, 0.3) is 5.91 Å². The molecule has 0 aromatic carbocycles. The minimum absolute atomic E-state index is 0.0173. The number of nitrogens with zero attached hydrogens (tertiary/aromatic N) is 1. The van der Waals surface area contributed by atoms with Crippen LogP contribution in [0.2, 0.25) is 0 Å². The summed E-state index contributed by atoms with van der Waals surface area (Å²) in [5, 5.41) is 6.30. The van der Waals surface area contributed by atoms with Crippen molar-refractivity contribution in [2.24, 2.45) is 0 Å². The number of hydrogen-bond donors (Lipinski definition) is 2. The van der Waals surface area contributed by atoms with Crippen molar-refractivity contribution in [3.05, 3.63) is 16.1 Å². The Balaban J connectivity index is 1.94. The minimum Gasteiger partial charge on any atom is -0.347 e. The van der Waals surface area contributed by atoms with E-state index in [-0.39, 0.29) is 11.9 Å². The molecule has 0 aliphatic carbocycles. The zero-order valence-corrected chi connectivity index (χ0v) is 9.56. The van der Waals surface area contributed by atoms with Crippen LogP contribution in [0.4, 0.5) is 0 Å². The number of amides is 1. The van der Waals surface area contributed by atoms with Gasteiger partial charge in [0.1, 0.15) is 4.88 Å². The summed E-state index contributed by atoms with van der Waals surface area (Å²) in [6.45, 7) is 3.81. The molecule has 1 aliphatic heterocycles. The minimum atomic E-state index is 0.0173. The highest BCUT2D eigenvalue weighted by molar-refractivity contribution is 7.11. The van der Waals surface area contributed by atoms with Gasteiger partial charge < -0.3 is 10.6 Å². The Morgan fingerprint density at radius 3 is 3.20 bits per heavy atom. The van der Waals surface area contributed by atoms with E-state index in [1.54, 1.807) is 5.51 Å². The van der Waals surface area contributed by atoms with Gasteiger partial charge in [-0.3, -0.25) is 4.79 Å². The van der Waals surface area contributed by atoms with E-state index in [0.717, 1.165) is 36.5 Å². The van der Waals surface area contributed by atoms with Crippen LogP contribution in [0.1, 0.15) is 28.2 Å². The molecule has 1 fully saturated rings. The third kappa shape index (κ3) is 2.54. The van der Waals surface area contributed by atoms with E-state index in [9.17, 15) is 4.79 Å². The van der Waals surface area contributed by atoms with E-state index in [1.165, 1.54) is 11.3 Å². The summed E-state index contributed by atoms with van der Waals surface area (Å²) < 4.78 is 0. The first kappa shape index (κ1) is 10.6. The van der Waals surface area contributed by atoms with Gasteiger partial charge >= 0.3 is 0 Å². The first-order valence-electron chi connectivity index (χ1n) is 5.19. The number of hydrogen-bond acceptors (Lipinski definition) is 4. The van der Waals surface area contributed by atoms with Crippen molar-refractivity contribution >= 4 is 17.2 Å². The lowest BCUT2D eigenvalue weighted by molar-refractivity contribution is 0.0934. The van der Waals surface area contributed by atoms with Gasteiger partial charge in [-0.1, -0.05) is 0 Å². The van der Waals surface area contributed by atoms with Gasteiger partial charge in [0.15, 0.2) is 0 Å². The molecule has 0 spiro atoms. The predicted molar refractivity (Wildman–Crippen MR) is 60.2 cm³/mol. The highest BCUT2D eigenvalue weighted by Gasteiger charge is 2.18. The zero-order chi connectivity index (χ0) is 10.7. The Morgan fingerprint density at radius 2 is 2.60 bits per heavy atom. The highest BCUT2D eigenvalue weighted by atomic mass is 32.1. The molecule has 0 saturated carbocycles. The van der Waals surface area contributed by atoms with Crippen molar-refractivity contribution in [3.63, 3.8) is 0 Å². The number of thiazole rings is 1. The van der Waals surface area contributed by atoms with Crippen molar-refractivity contribution < 1.29 is 4.79 Å². The van der Waals surface area contributed by atoms with Gasteiger partial charge in [0, 0.05) is 12.6 Å². The molecule has 15 heavy (non-hydrogen) atoms. The molecule has 2 rings (SSSR count). The standard InChI is InChI=1S/C10H15N3OS/c1-7-9(15-6-12-7)10(14)13-8-3-2-4-11-5-8/h6,8,11H,2-5H2,1H3,(H,13,14)/t8-/m0/s1. The van der Waals surface area contributed by atoms with Crippen LogP contribution in [-0.4, -0.2) is 30.0 Å². The summed E-state index contributed by atoms with van der Waals surface area (Å²) in [6.07, 6.45) is 2.20. The third-order valence-electron chi connectivity index (χ3n) is 2.58. The summed E-state index contributed by atoms with van der Waals surface area (Å²) in [5.41, 5.74) is 2.53. The number of nitrogens with one attached hydrogen (secondary N) is 2. The van der Waals surface area contributed by atoms with E-state index in [0.29, 0.717) is 0 Å². The van der Waals surface area contributed by atoms with E-state index in [4.69, 9.17) is 0 Å². The summed E-state index contributed by atoms with van der Waals surface area (Å²) in [6, 6.07) is 0.271. The topological polar surface area (TPSA) is 54.0 Å². The number of aryl methyl sites for hydroxylation is 1. The largest absolute Gasteiger partial charge is 0.347 e. The SMILES string of the molecule is Cc1ncsc1C(=O)N[C@H]1CCCNC1. The molecule has 0 radical (unpaired) electrons. The second-order valence-electron chi connectivity index (χ2n) is 3.78. The molecule has 1 saturated heterocycles. The predicted octanol–water partition coefficient (Wildman–Crippen LogP) is 0.933. The fraction of sp³-hybridized carbons (Fsp3) is 0.600. The van der Waals surface area contributed by atoms with Crippen molar-refractivity contribution in [2.45, 2.75) is 25.8 Å². The Bertz CT molecular complexity index is 344. The van der Waals surface area contributed by atoms with Crippen LogP contribution in [0.15, 0.2) is 5.51 Å².